The van der Waals surface area contributed by atoms with Crippen LogP contribution in [0.5, 0.6) is 5.75 Å². The Bertz CT molecular complexity index is 822. The summed E-state index contributed by atoms with van der Waals surface area (Å²) in [6, 6.07) is 12.3. The highest BCUT2D eigenvalue weighted by Crippen LogP contribution is 2.12. The highest BCUT2D eigenvalue weighted by atomic mass is 19.1. The number of aliphatic imine (C=N–C) groups is 1. The summed E-state index contributed by atoms with van der Waals surface area (Å²) in [5.41, 5.74) is 1.95. The van der Waals surface area contributed by atoms with Crippen molar-refractivity contribution in [1.29, 1.82) is 0 Å². The van der Waals surface area contributed by atoms with E-state index in [1.54, 1.807) is 33.2 Å². The van der Waals surface area contributed by atoms with Crippen molar-refractivity contribution in [1.82, 2.24) is 15.5 Å². The van der Waals surface area contributed by atoms with E-state index in [0.717, 1.165) is 11.3 Å². The zero-order valence-electron chi connectivity index (χ0n) is 16.8. The number of carbonyl (C=O) groups is 1. The molecule has 0 unspecified atom stereocenters. The molecular formula is C21H27FN4O2. The van der Waals surface area contributed by atoms with Gasteiger partial charge in [0.25, 0.3) is 5.91 Å². The molecule has 2 rings (SSSR count). The summed E-state index contributed by atoms with van der Waals surface area (Å²) in [4.78, 5) is 18.3. The monoisotopic (exact) mass is 386 g/mol. The number of benzene rings is 2. The van der Waals surface area contributed by atoms with Gasteiger partial charge >= 0.3 is 0 Å². The Labute approximate surface area is 165 Å². The maximum Gasteiger partial charge on any atom is 0.251 e. The highest BCUT2D eigenvalue weighted by Gasteiger charge is 2.09. The van der Waals surface area contributed by atoms with Crippen LogP contribution in [0.1, 0.15) is 21.5 Å². The summed E-state index contributed by atoms with van der Waals surface area (Å²) in [6.45, 7) is 3.23. The molecule has 2 N–H and O–H groups in total. The second-order valence-corrected chi connectivity index (χ2v) is 6.40. The van der Waals surface area contributed by atoms with Crippen molar-refractivity contribution in [3.05, 3.63) is 65.0 Å². The number of guanidine groups is 1. The van der Waals surface area contributed by atoms with Crippen molar-refractivity contribution in [2.45, 2.75) is 13.5 Å². The summed E-state index contributed by atoms with van der Waals surface area (Å²) < 4.78 is 18.7. The maximum absolute atomic E-state index is 13.6. The molecule has 2 aromatic carbocycles. The lowest BCUT2D eigenvalue weighted by atomic mass is 10.1. The summed E-state index contributed by atoms with van der Waals surface area (Å²) >= 11 is 0. The van der Waals surface area contributed by atoms with Gasteiger partial charge in [-0.25, -0.2) is 4.39 Å². The average molecular weight is 386 g/mol. The van der Waals surface area contributed by atoms with Crippen LogP contribution in [-0.4, -0.2) is 51.1 Å². The summed E-state index contributed by atoms with van der Waals surface area (Å²) in [5, 5.41) is 5.97. The molecule has 0 radical (unpaired) electrons. The Kier molecular flexibility index (Phi) is 7.80. The molecule has 0 fully saturated rings. The molecule has 28 heavy (non-hydrogen) atoms. The van der Waals surface area contributed by atoms with Crippen molar-refractivity contribution in [3.8, 4) is 5.75 Å². The number of nitrogens with zero attached hydrogens (tertiary/aromatic N) is 2. The molecule has 0 spiro atoms. The number of halogens is 1. The lowest BCUT2D eigenvalue weighted by Crippen LogP contribution is -2.42. The van der Waals surface area contributed by atoms with Gasteiger partial charge in [-0.2, -0.15) is 0 Å². The normalized spacial score (nSPS) is 11.1. The van der Waals surface area contributed by atoms with Crippen LogP contribution in [0.4, 0.5) is 4.39 Å². The van der Waals surface area contributed by atoms with E-state index < -0.39 is 0 Å². The topological polar surface area (TPSA) is 66.0 Å². The van der Waals surface area contributed by atoms with E-state index in [-0.39, 0.29) is 11.7 Å². The Hall–Kier alpha value is -3.09. The molecule has 0 bridgehead atoms. The Balaban J connectivity index is 1.79. The largest absolute Gasteiger partial charge is 0.497 e. The number of carbonyl (C=O) groups excluding carboxylic acids is 1. The second-order valence-electron chi connectivity index (χ2n) is 6.40. The van der Waals surface area contributed by atoms with E-state index in [4.69, 9.17) is 4.74 Å². The summed E-state index contributed by atoms with van der Waals surface area (Å²) in [6.07, 6.45) is 0. The van der Waals surface area contributed by atoms with Crippen molar-refractivity contribution >= 4 is 11.9 Å². The third kappa shape index (κ3) is 5.97. The average Bonchev–Trinajstić information content (AvgIpc) is 2.70. The molecule has 0 saturated carbocycles. The third-order valence-electron chi connectivity index (χ3n) is 4.28. The first kappa shape index (κ1) is 21.2. The maximum atomic E-state index is 13.6. The van der Waals surface area contributed by atoms with Gasteiger partial charge in [-0.05, 0) is 42.3 Å². The van der Waals surface area contributed by atoms with Gasteiger partial charge in [0.15, 0.2) is 5.96 Å². The molecule has 0 aliphatic carbocycles. The smallest absolute Gasteiger partial charge is 0.251 e. The summed E-state index contributed by atoms with van der Waals surface area (Å²) in [5.74, 6) is 0.846. The van der Waals surface area contributed by atoms with Crippen LogP contribution in [0.25, 0.3) is 0 Å². The molecule has 0 aliphatic heterocycles. The highest BCUT2D eigenvalue weighted by molar-refractivity contribution is 5.94. The summed E-state index contributed by atoms with van der Waals surface area (Å²) in [7, 11) is 5.29. The molecule has 0 heterocycles. The molecule has 1 amide bonds. The fourth-order valence-electron chi connectivity index (χ4n) is 2.65. The van der Waals surface area contributed by atoms with E-state index in [1.165, 1.54) is 6.07 Å². The van der Waals surface area contributed by atoms with Crippen molar-refractivity contribution in [2.24, 2.45) is 4.99 Å². The molecular weight excluding hydrogens is 359 g/mol. The first-order valence-corrected chi connectivity index (χ1v) is 9.03. The van der Waals surface area contributed by atoms with Crippen LogP contribution in [0.3, 0.4) is 0 Å². The van der Waals surface area contributed by atoms with Crippen molar-refractivity contribution in [2.75, 3.05) is 34.3 Å². The van der Waals surface area contributed by atoms with Gasteiger partial charge in [-0.3, -0.25) is 9.79 Å². The number of hydrogen-bond acceptors (Lipinski definition) is 3. The standard InChI is InChI=1S/C21H27FN4O2/c1-15-5-8-17(13-19(15)22)20(27)24-11-12-25-21(23-2)26(3)14-16-6-9-18(28-4)10-7-16/h5-10,13H,11-12,14H2,1-4H3,(H,23,25)(H,24,27). The van der Waals surface area contributed by atoms with Crippen molar-refractivity contribution in [3.63, 3.8) is 0 Å². The quantitative estimate of drug-likeness (QED) is 0.436. The lowest BCUT2D eigenvalue weighted by molar-refractivity contribution is 0.0954. The van der Waals surface area contributed by atoms with Gasteiger partial charge in [0.1, 0.15) is 11.6 Å². The first-order valence-electron chi connectivity index (χ1n) is 9.03. The molecule has 0 aliphatic rings. The van der Waals surface area contributed by atoms with Gasteiger partial charge in [-0.15, -0.1) is 0 Å². The Morgan fingerprint density at radius 3 is 2.43 bits per heavy atom. The zero-order valence-corrected chi connectivity index (χ0v) is 16.8. The van der Waals surface area contributed by atoms with E-state index in [2.05, 4.69) is 15.6 Å². The second kappa shape index (κ2) is 10.3. The van der Waals surface area contributed by atoms with E-state index >= 15 is 0 Å². The lowest BCUT2D eigenvalue weighted by Gasteiger charge is -2.22. The molecule has 0 atom stereocenters. The number of ether oxygens (including phenoxy) is 1. The van der Waals surface area contributed by atoms with Crippen LogP contribution >= 0.6 is 0 Å². The number of rotatable bonds is 7. The van der Waals surface area contributed by atoms with Gasteiger partial charge in [0.2, 0.25) is 0 Å². The molecule has 0 saturated heterocycles. The minimum Gasteiger partial charge on any atom is -0.497 e. The van der Waals surface area contributed by atoms with Gasteiger partial charge in [0, 0.05) is 39.3 Å². The number of amides is 1. The molecule has 2 aromatic rings. The third-order valence-corrected chi connectivity index (χ3v) is 4.28. The van der Waals surface area contributed by atoms with E-state index in [9.17, 15) is 9.18 Å². The van der Waals surface area contributed by atoms with Crippen LogP contribution in [0.15, 0.2) is 47.5 Å². The number of nitrogens with one attached hydrogen (secondary N) is 2. The molecule has 7 heteroatoms. The predicted octanol–water partition coefficient (Wildman–Crippen LogP) is 2.58. The Morgan fingerprint density at radius 2 is 1.82 bits per heavy atom. The van der Waals surface area contributed by atoms with Crippen LogP contribution < -0.4 is 15.4 Å². The number of aryl methyl sites for hydroxylation is 1. The molecule has 6 nitrogen and oxygen atoms in total. The van der Waals surface area contributed by atoms with Gasteiger partial charge in [-0.1, -0.05) is 18.2 Å². The zero-order chi connectivity index (χ0) is 20.5. The minimum absolute atomic E-state index is 0.303. The van der Waals surface area contributed by atoms with E-state index in [0.29, 0.717) is 36.7 Å². The number of methoxy groups -OCH3 is 1. The fourth-order valence-corrected chi connectivity index (χ4v) is 2.65. The Morgan fingerprint density at radius 1 is 1.14 bits per heavy atom. The van der Waals surface area contributed by atoms with Crippen molar-refractivity contribution < 1.29 is 13.9 Å². The minimum atomic E-state index is -0.383. The molecule has 150 valence electrons. The van der Waals surface area contributed by atoms with Gasteiger partial charge < -0.3 is 20.3 Å². The van der Waals surface area contributed by atoms with Gasteiger partial charge in [0.05, 0.1) is 7.11 Å². The molecule has 0 aromatic heterocycles. The fraction of sp³-hybridized carbons (Fsp3) is 0.333. The predicted molar refractivity (Wildman–Crippen MR) is 109 cm³/mol. The first-order chi connectivity index (χ1) is 13.4. The van der Waals surface area contributed by atoms with Crippen LogP contribution in [0.2, 0.25) is 0 Å². The SMILES string of the molecule is CN=C(NCCNC(=O)c1ccc(C)c(F)c1)N(C)Cc1ccc(OC)cc1. The van der Waals surface area contributed by atoms with Crippen LogP contribution in [0, 0.1) is 12.7 Å². The van der Waals surface area contributed by atoms with Crippen LogP contribution in [-0.2, 0) is 6.54 Å². The number of hydrogen-bond donors (Lipinski definition) is 2. The van der Waals surface area contributed by atoms with E-state index in [1.807, 2.05) is 36.2 Å².